The van der Waals surface area contributed by atoms with Crippen molar-refractivity contribution in [1.29, 1.82) is 0 Å². The zero-order valence-electron chi connectivity index (χ0n) is 7.51. The lowest BCUT2D eigenvalue weighted by Crippen LogP contribution is -2.38. The fourth-order valence-corrected chi connectivity index (χ4v) is 1.29. The number of nitrogens with two attached hydrogens (primary N) is 1. The Morgan fingerprint density at radius 3 is 3.00 bits per heavy atom. The third-order valence-corrected chi connectivity index (χ3v) is 2.00. The van der Waals surface area contributed by atoms with E-state index in [4.69, 9.17) is 5.73 Å². The van der Waals surface area contributed by atoms with Gasteiger partial charge in [0.25, 0.3) is 0 Å². The van der Waals surface area contributed by atoms with Crippen LogP contribution in [-0.4, -0.2) is 30.9 Å². The zero-order chi connectivity index (χ0) is 9.68. The average molecular weight is 185 g/mol. The van der Waals surface area contributed by atoms with Gasteiger partial charge < -0.3 is 16.4 Å². The van der Waals surface area contributed by atoms with E-state index in [-0.39, 0.29) is 17.9 Å². The Balaban J connectivity index is 2.12. The summed E-state index contributed by atoms with van der Waals surface area (Å²) in [5, 5.41) is 5.48. The van der Waals surface area contributed by atoms with Gasteiger partial charge in [-0.15, -0.1) is 0 Å². The second-order valence-corrected chi connectivity index (χ2v) is 3.15. The number of amides is 2. The van der Waals surface area contributed by atoms with Crippen LogP contribution in [0.5, 0.6) is 0 Å². The summed E-state index contributed by atoms with van der Waals surface area (Å²) in [6.07, 6.45) is 1.72. The maximum atomic E-state index is 11.0. The zero-order valence-corrected chi connectivity index (χ0v) is 7.51. The predicted octanol–water partition coefficient (Wildman–Crippen LogP) is -1.27. The SMILES string of the molecule is NCCC(=O)NCC1CCC(=O)N1. The van der Waals surface area contributed by atoms with Gasteiger partial charge in [0.2, 0.25) is 11.8 Å². The van der Waals surface area contributed by atoms with Gasteiger partial charge in [-0.1, -0.05) is 0 Å². The molecule has 0 aliphatic carbocycles. The monoisotopic (exact) mass is 185 g/mol. The first-order valence-corrected chi connectivity index (χ1v) is 4.48. The van der Waals surface area contributed by atoms with Crippen molar-refractivity contribution in [3.63, 3.8) is 0 Å². The van der Waals surface area contributed by atoms with Crippen molar-refractivity contribution in [2.24, 2.45) is 5.73 Å². The third-order valence-electron chi connectivity index (χ3n) is 2.00. The maximum Gasteiger partial charge on any atom is 0.221 e. The Hall–Kier alpha value is -1.10. The molecule has 0 spiro atoms. The largest absolute Gasteiger partial charge is 0.354 e. The number of carbonyl (C=O) groups is 2. The van der Waals surface area contributed by atoms with E-state index in [0.717, 1.165) is 6.42 Å². The molecule has 1 aliphatic heterocycles. The molecular weight excluding hydrogens is 170 g/mol. The highest BCUT2D eigenvalue weighted by atomic mass is 16.2. The Bertz CT molecular complexity index is 206. The molecule has 5 heteroatoms. The standard InChI is InChI=1S/C8H15N3O2/c9-4-3-7(12)10-5-6-1-2-8(13)11-6/h6H,1-5,9H2,(H,10,12)(H,11,13). The van der Waals surface area contributed by atoms with Gasteiger partial charge >= 0.3 is 0 Å². The fourth-order valence-electron chi connectivity index (χ4n) is 1.29. The first kappa shape index (κ1) is 9.98. The number of hydrogen-bond donors (Lipinski definition) is 3. The van der Waals surface area contributed by atoms with Gasteiger partial charge in [-0.05, 0) is 6.42 Å². The molecular formula is C8H15N3O2. The summed E-state index contributed by atoms with van der Waals surface area (Å²) in [6.45, 7) is 0.882. The maximum absolute atomic E-state index is 11.0. The molecule has 1 rings (SSSR count). The smallest absolute Gasteiger partial charge is 0.221 e. The molecule has 1 saturated heterocycles. The number of rotatable bonds is 4. The van der Waals surface area contributed by atoms with E-state index < -0.39 is 0 Å². The predicted molar refractivity (Wildman–Crippen MR) is 47.8 cm³/mol. The van der Waals surface area contributed by atoms with Crippen LogP contribution in [0.25, 0.3) is 0 Å². The molecule has 1 aliphatic rings. The molecule has 1 unspecified atom stereocenters. The Morgan fingerprint density at radius 1 is 1.69 bits per heavy atom. The van der Waals surface area contributed by atoms with Crippen LogP contribution >= 0.6 is 0 Å². The van der Waals surface area contributed by atoms with Crippen molar-refractivity contribution in [3.8, 4) is 0 Å². The molecule has 0 radical (unpaired) electrons. The van der Waals surface area contributed by atoms with Crippen LogP contribution in [0.4, 0.5) is 0 Å². The van der Waals surface area contributed by atoms with Crippen LogP contribution in [0.15, 0.2) is 0 Å². The summed E-state index contributed by atoms with van der Waals surface area (Å²) in [7, 11) is 0. The van der Waals surface area contributed by atoms with E-state index >= 15 is 0 Å². The van der Waals surface area contributed by atoms with Gasteiger partial charge in [0, 0.05) is 32.0 Å². The van der Waals surface area contributed by atoms with E-state index in [1.165, 1.54) is 0 Å². The molecule has 1 atom stereocenters. The van der Waals surface area contributed by atoms with Crippen LogP contribution < -0.4 is 16.4 Å². The minimum Gasteiger partial charge on any atom is -0.354 e. The quantitative estimate of drug-likeness (QED) is 0.510. The summed E-state index contributed by atoms with van der Waals surface area (Å²) >= 11 is 0. The van der Waals surface area contributed by atoms with E-state index in [9.17, 15) is 9.59 Å². The van der Waals surface area contributed by atoms with Crippen molar-refractivity contribution in [1.82, 2.24) is 10.6 Å². The van der Waals surface area contributed by atoms with Crippen LogP contribution in [0.2, 0.25) is 0 Å². The molecule has 74 valence electrons. The molecule has 0 aromatic rings. The van der Waals surface area contributed by atoms with E-state index in [2.05, 4.69) is 10.6 Å². The summed E-state index contributed by atoms with van der Waals surface area (Å²) < 4.78 is 0. The lowest BCUT2D eigenvalue weighted by molar-refractivity contribution is -0.122. The molecule has 5 nitrogen and oxygen atoms in total. The van der Waals surface area contributed by atoms with Gasteiger partial charge in [0.1, 0.15) is 0 Å². The van der Waals surface area contributed by atoms with Crippen LogP contribution in [-0.2, 0) is 9.59 Å². The van der Waals surface area contributed by atoms with Crippen LogP contribution in [0, 0.1) is 0 Å². The molecule has 0 saturated carbocycles. The van der Waals surface area contributed by atoms with Crippen molar-refractivity contribution in [2.75, 3.05) is 13.1 Å². The molecule has 0 bridgehead atoms. The fraction of sp³-hybridized carbons (Fsp3) is 0.750. The van der Waals surface area contributed by atoms with E-state index in [1.807, 2.05) is 0 Å². The normalized spacial score (nSPS) is 21.3. The highest BCUT2D eigenvalue weighted by Gasteiger charge is 2.20. The van der Waals surface area contributed by atoms with E-state index in [0.29, 0.717) is 25.9 Å². The van der Waals surface area contributed by atoms with Crippen molar-refractivity contribution in [3.05, 3.63) is 0 Å². The Morgan fingerprint density at radius 2 is 2.46 bits per heavy atom. The van der Waals surface area contributed by atoms with Crippen LogP contribution in [0.1, 0.15) is 19.3 Å². The first-order chi connectivity index (χ1) is 6.22. The van der Waals surface area contributed by atoms with Crippen LogP contribution in [0.3, 0.4) is 0 Å². The van der Waals surface area contributed by atoms with Gasteiger partial charge in [0.05, 0.1) is 0 Å². The van der Waals surface area contributed by atoms with Gasteiger partial charge in [0.15, 0.2) is 0 Å². The second-order valence-electron chi connectivity index (χ2n) is 3.15. The molecule has 1 fully saturated rings. The van der Waals surface area contributed by atoms with Gasteiger partial charge in [-0.3, -0.25) is 9.59 Å². The second kappa shape index (κ2) is 4.81. The lowest BCUT2D eigenvalue weighted by Gasteiger charge is -2.10. The van der Waals surface area contributed by atoms with Crippen molar-refractivity contribution >= 4 is 11.8 Å². The minimum atomic E-state index is -0.0522. The molecule has 4 N–H and O–H groups in total. The molecule has 1 heterocycles. The summed E-state index contributed by atoms with van der Waals surface area (Å²) in [5.41, 5.74) is 5.20. The lowest BCUT2D eigenvalue weighted by atomic mass is 10.2. The summed E-state index contributed by atoms with van der Waals surface area (Å²) in [6, 6.07) is 0.106. The van der Waals surface area contributed by atoms with Crippen molar-refractivity contribution < 1.29 is 9.59 Å². The molecule has 0 aromatic carbocycles. The molecule has 2 amide bonds. The summed E-state index contributed by atoms with van der Waals surface area (Å²) in [4.78, 5) is 21.8. The first-order valence-electron chi connectivity index (χ1n) is 4.48. The molecule has 13 heavy (non-hydrogen) atoms. The Kier molecular flexibility index (Phi) is 3.70. The molecule has 0 aromatic heterocycles. The topological polar surface area (TPSA) is 84.2 Å². The van der Waals surface area contributed by atoms with Crippen molar-refractivity contribution in [2.45, 2.75) is 25.3 Å². The minimum absolute atomic E-state index is 0.0522. The highest BCUT2D eigenvalue weighted by molar-refractivity contribution is 5.79. The number of hydrogen-bond acceptors (Lipinski definition) is 3. The number of carbonyl (C=O) groups excluding carboxylic acids is 2. The summed E-state index contributed by atoms with van der Waals surface area (Å²) in [5.74, 6) is 0.0155. The van der Waals surface area contributed by atoms with Gasteiger partial charge in [-0.2, -0.15) is 0 Å². The number of nitrogens with one attached hydrogen (secondary N) is 2. The average Bonchev–Trinajstić information content (AvgIpc) is 2.49. The van der Waals surface area contributed by atoms with Gasteiger partial charge in [-0.25, -0.2) is 0 Å². The Labute approximate surface area is 77.1 Å². The third kappa shape index (κ3) is 3.42. The van der Waals surface area contributed by atoms with E-state index in [1.54, 1.807) is 0 Å². The highest BCUT2D eigenvalue weighted by Crippen LogP contribution is 2.04.